The van der Waals surface area contributed by atoms with Gasteiger partial charge in [-0.25, -0.2) is 9.97 Å². The zero-order chi connectivity index (χ0) is 26.7. The Balaban J connectivity index is 1.32. The van der Waals surface area contributed by atoms with Crippen LogP contribution in [0.1, 0.15) is 0 Å². The molecular weight excluding hydrogens is 488 g/mol. The molecule has 0 amide bonds. The second-order valence-corrected chi connectivity index (χ2v) is 9.66. The Morgan fingerprint density at radius 1 is 0.300 bits per heavy atom. The molecule has 0 atom stereocenters. The molecule has 0 fully saturated rings. The van der Waals surface area contributed by atoms with E-state index in [0.717, 1.165) is 67.8 Å². The Hall–Kier alpha value is -5.48. The summed E-state index contributed by atoms with van der Waals surface area (Å²) < 4.78 is 0. The first-order chi connectivity index (χ1) is 19.8. The van der Waals surface area contributed by atoms with Gasteiger partial charge in [0.2, 0.25) is 0 Å². The lowest BCUT2D eigenvalue weighted by Gasteiger charge is -2.06. The number of rotatable bonds is 6. The average Bonchev–Trinajstić information content (AvgIpc) is 3.69. The minimum Gasteiger partial charge on any atom is -0.337 e. The molecule has 2 N–H and O–H groups in total. The van der Waals surface area contributed by atoms with Crippen molar-refractivity contribution in [2.24, 2.45) is 0 Å². The number of benzene rings is 5. The van der Waals surface area contributed by atoms with Crippen LogP contribution in [0.5, 0.6) is 0 Å². The summed E-state index contributed by atoms with van der Waals surface area (Å²) in [5.41, 5.74) is 10.3. The number of nitrogens with zero attached hydrogens (tertiary/aromatic N) is 2. The predicted molar refractivity (Wildman–Crippen MR) is 163 cm³/mol. The lowest BCUT2D eigenvalue weighted by atomic mass is 10.0. The Morgan fingerprint density at radius 2 is 0.600 bits per heavy atom. The van der Waals surface area contributed by atoms with E-state index in [1.165, 1.54) is 0 Å². The Labute approximate surface area is 233 Å². The highest BCUT2D eigenvalue weighted by molar-refractivity contribution is 5.85. The van der Waals surface area contributed by atoms with Crippen molar-refractivity contribution in [3.63, 3.8) is 0 Å². The van der Waals surface area contributed by atoms with Crippen LogP contribution in [0.25, 0.3) is 67.8 Å². The normalized spacial score (nSPS) is 11.0. The molecule has 0 spiro atoms. The highest BCUT2D eigenvalue weighted by Gasteiger charge is 2.18. The number of H-pyrrole nitrogens is 2. The van der Waals surface area contributed by atoms with E-state index in [9.17, 15) is 0 Å². The van der Waals surface area contributed by atoms with Crippen LogP contribution in [0.4, 0.5) is 0 Å². The van der Waals surface area contributed by atoms with Gasteiger partial charge < -0.3 is 9.97 Å². The number of hydrogen-bond acceptors (Lipinski definition) is 2. The molecule has 0 aliphatic carbocycles. The van der Waals surface area contributed by atoms with Crippen LogP contribution in [0.2, 0.25) is 0 Å². The molecule has 0 radical (unpaired) electrons. The van der Waals surface area contributed by atoms with E-state index >= 15 is 0 Å². The fourth-order valence-corrected chi connectivity index (χ4v) is 5.04. The predicted octanol–water partition coefficient (Wildman–Crippen LogP) is 9.13. The third kappa shape index (κ3) is 4.52. The van der Waals surface area contributed by atoms with Gasteiger partial charge in [0.05, 0.1) is 22.8 Å². The first-order valence-electron chi connectivity index (χ1n) is 13.4. The molecule has 5 aromatic carbocycles. The molecule has 4 nitrogen and oxygen atoms in total. The van der Waals surface area contributed by atoms with Gasteiger partial charge in [-0.05, 0) is 0 Å². The summed E-state index contributed by atoms with van der Waals surface area (Å²) in [7, 11) is 0. The molecular formula is C36H26N4. The van der Waals surface area contributed by atoms with Crippen LogP contribution in [-0.2, 0) is 0 Å². The third-order valence-electron chi connectivity index (χ3n) is 7.06. The molecule has 2 heterocycles. The molecule has 0 saturated heterocycles. The smallest absolute Gasteiger partial charge is 0.138 e. The summed E-state index contributed by atoms with van der Waals surface area (Å²) in [5, 5.41) is 0. The maximum absolute atomic E-state index is 5.06. The van der Waals surface area contributed by atoms with Crippen LogP contribution in [0.15, 0.2) is 146 Å². The highest BCUT2D eigenvalue weighted by atomic mass is 14.9. The fourth-order valence-electron chi connectivity index (χ4n) is 5.04. The van der Waals surface area contributed by atoms with Crippen LogP contribution in [-0.4, -0.2) is 19.9 Å². The molecule has 0 aliphatic rings. The first-order valence-corrected chi connectivity index (χ1v) is 13.4. The van der Waals surface area contributed by atoms with Crippen molar-refractivity contribution in [2.45, 2.75) is 0 Å². The SMILES string of the molecule is c1ccc(-c2nc(-c3ccc(-c4[nH]c(-c5ccccc5)nc4-c4ccccc4)cc3)c(-c3ccccc3)[nH]2)cc1. The van der Waals surface area contributed by atoms with Crippen molar-refractivity contribution in [3.8, 4) is 67.8 Å². The fraction of sp³-hybridized carbons (Fsp3) is 0. The van der Waals surface area contributed by atoms with Gasteiger partial charge in [0.1, 0.15) is 11.6 Å². The first kappa shape index (κ1) is 23.6. The molecule has 0 saturated carbocycles. The second-order valence-electron chi connectivity index (χ2n) is 9.66. The van der Waals surface area contributed by atoms with Crippen molar-refractivity contribution < 1.29 is 0 Å². The van der Waals surface area contributed by atoms with Crippen LogP contribution in [0, 0.1) is 0 Å². The van der Waals surface area contributed by atoms with Gasteiger partial charge >= 0.3 is 0 Å². The van der Waals surface area contributed by atoms with Gasteiger partial charge in [0.15, 0.2) is 0 Å². The van der Waals surface area contributed by atoms with Gasteiger partial charge in [-0.2, -0.15) is 0 Å². The summed E-state index contributed by atoms with van der Waals surface area (Å²) in [6.45, 7) is 0. The zero-order valence-electron chi connectivity index (χ0n) is 21.8. The van der Waals surface area contributed by atoms with Gasteiger partial charge in [-0.3, -0.25) is 0 Å². The van der Waals surface area contributed by atoms with E-state index < -0.39 is 0 Å². The molecule has 2 aromatic heterocycles. The summed E-state index contributed by atoms with van der Waals surface area (Å²) in [6, 6.07) is 49.8. The number of hydrogen-bond donors (Lipinski definition) is 2. The van der Waals surface area contributed by atoms with Crippen molar-refractivity contribution in [1.82, 2.24) is 19.9 Å². The standard InChI is InChI=1S/C36H26N4/c1-5-13-25(14-6-1)31-33(39-35(37-31)29-17-9-3-10-18-29)27-21-23-28(24-22-27)34-32(26-15-7-2-8-16-26)38-36(40-34)30-19-11-4-12-20-30/h1-24H,(H,37,39)(H,38,40). The van der Waals surface area contributed by atoms with E-state index in [-0.39, 0.29) is 0 Å². The van der Waals surface area contributed by atoms with Gasteiger partial charge in [-0.1, -0.05) is 146 Å². The number of aromatic amines is 2. The molecule has 0 unspecified atom stereocenters. The maximum Gasteiger partial charge on any atom is 0.138 e. The topological polar surface area (TPSA) is 57.4 Å². The zero-order valence-corrected chi connectivity index (χ0v) is 21.8. The Bertz CT molecular complexity index is 1710. The van der Waals surface area contributed by atoms with Crippen LogP contribution >= 0.6 is 0 Å². The number of nitrogens with one attached hydrogen (secondary N) is 2. The number of aromatic nitrogens is 4. The van der Waals surface area contributed by atoms with Crippen molar-refractivity contribution in [1.29, 1.82) is 0 Å². The maximum atomic E-state index is 5.06. The van der Waals surface area contributed by atoms with E-state index in [0.29, 0.717) is 0 Å². The summed E-state index contributed by atoms with van der Waals surface area (Å²) in [4.78, 5) is 17.3. The van der Waals surface area contributed by atoms with E-state index in [4.69, 9.17) is 9.97 Å². The second kappa shape index (κ2) is 10.4. The summed E-state index contributed by atoms with van der Waals surface area (Å²) >= 11 is 0. The monoisotopic (exact) mass is 514 g/mol. The minimum atomic E-state index is 0.852. The lowest BCUT2D eigenvalue weighted by molar-refractivity contribution is 1.31. The summed E-state index contributed by atoms with van der Waals surface area (Å²) in [5.74, 6) is 1.70. The lowest BCUT2D eigenvalue weighted by Crippen LogP contribution is -1.86. The molecule has 7 aromatic rings. The van der Waals surface area contributed by atoms with E-state index in [1.54, 1.807) is 0 Å². The molecule has 40 heavy (non-hydrogen) atoms. The summed E-state index contributed by atoms with van der Waals surface area (Å²) in [6.07, 6.45) is 0. The largest absolute Gasteiger partial charge is 0.337 e. The van der Waals surface area contributed by atoms with Crippen molar-refractivity contribution >= 4 is 0 Å². The quantitative estimate of drug-likeness (QED) is 0.232. The highest BCUT2D eigenvalue weighted by Crippen LogP contribution is 2.36. The third-order valence-corrected chi connectivity index (χ3v) is 7.06. The van der Waals surface area contributed by atoms with E-state index in [2.05, 4.69) is 94.9 Å². The van der Waals surface area contributed by atoms with Gasteiger partial charge in [0.25, 0.3) is 0 Å². The minimum absolute atomic E-state index is 0.852. The molecule has 4 heteroatoms. The molecule has 7 rings (SSSR count). The molecule has 0 bridgehead atoms. The Kier molecular flexibility index (Phi) is 6.11. The van der Waals surface area contributed by atoms with Gasteiger partial charge in [0, 0.05) is 33.4 Å². The van der Waals surface area contributed by atoms with E-state index in [1.807, 2.05) is 60.7 Å². The molecule has 190 valence electrons. The van der Waals surface area contributed by atoms with Crippen LogP contribution < -0.4 is 0 Å². The number of imidazole rings is 2. The van der Waals surface area contributed by atoms with Crippen LogP contribution in [0.3, 0.4) is 0 Å². The van der Waals surface area contributed by atoms with Gasteiger partial charge in [-0.15, -0.1) is 0 Å². The van der Waals surface area contributed by atoms with Crippen molar-refractivity contribution in [2.75, 3.05) is 0 Å². The van der Waals surface area contributed by atoms with Crippen molar-refractivity contribution in [3.05, 3.63) is 146 Å². The average molecular weight is 515 g/mol. The Morgan fingerprint density at radius 3 is 1.02 bits per heavy atom. The molecule has 0 aliphatic heterocycles.